The lowest BCUT2D eigenvalue weighted by Gasteiger charge is -2.16. The van der Waals surface area contributed by atoms with Crippen molar-refractivity contribution >= 4 is 51.7 Å². The number of benzene rings is 1. The highest BCUT2D eigenvalue weighted by Gasteiger charge is 2.33. The molecule has 12 heteroatoms. The van der Waals surface area contributed by atoms with Crippen LogP contribution < -0.4 is 10.6 Å². The minimum absolute atomic E-state index is 0.0280. The number of carboxylic acid groups (broad SMARTS) is 1. The van der Waals surface area contributed by atoms with E-state index in [0.29, 0.717) is 22.7 Å². The number of alkyl halides is 3. The van der Waals surface area contributed by atoms with Crippen LogP contribution in [0.25, 0.3) is 0 Å². The molecular formula is C20H20F3N3O4S2. The predicted molar refractivity (Wildman–Crippen MR) is 116 cm³/mol. The molecule has 0 atom stereocenters. The highest BCUT2D eigenvalue weighted by molar-refractivity contribution is 8.00. The van der Waals surface area contributed by atoms with E-state index < -0.39 is 29.5 Å². The number of nitrogens with zero attached hydrogens (tertiary/aromatic N) is 1. The lowest BCUT2D eigenvalue weighted by atomic mass is 9.93. The molecule has 32 heavy (non-hydrogen) atoms. The number of rotatable bonds is 7. The van der Waals surface area contributed by atoms with Gasteiger partial charge in [-0.25, -0.2) is 9.78 Å². The summed E-state index contributed by atoms with van der Waals surface area (Å²) in [4.78, 5) is 40.4. The van der Waals surface area contributed by atoms with E-state index >= 15 is 0 Å². The first-order chi connectivity index (χ1) is 15.1. The first-order valence-corrected chi connectivity index (χ1v) is 11.7. The number of carbonyl (C=O) groups is 3. The topological polar surface area (TPSA) is 108 Å². The Hall–Kier alpha value is -2.60. The van der Waals surface area contributed by atoms with Crippen molar-refractivity contribution in [1.29, 1.82) is 0 Å². The maximum absolute atomic E-state index is 13.2. The van der Waals surface area contributed by atoms with Gasteiger partial charge in [0.2, 0.25) is 0 Å². The van der Waals surface area contributed by atoms with Gasteiger partial charge in [-0.3, -0.25) is 14.9 Å². The van der Waals surface area contributed by atoms with Crippen molar-refractivity contribution in [2.75, 3.05) is 16.9 Å². The van der Waals surface area contributed by atoms with Crippen molar-refractivity contribution in [1.82, 2.24) is 4.98 Å². The van der Waals surface area contributed by atoms with Crippen molar-refractivity contribution in [3.63, 3.8) is 0 Å². The number of carboxylic acids is 1. The average molecular weight is 488 g/mol. The summed E-state index contributed by atoms with van der Waals surface area (Å²) in [5.41, 5.74) is -0.873. The summed E-state index contributed by atoms with van der Waals surface area (Å²) >= 11 is 2.36. The summed E-state index contributed by atoms with van der Waals surface area (Å²) < 4.78 is 40.2. The van der Waals surface area contributed by atoms with Crippen molar-refractivity contribution < 1.29 is 32.7 Å². The lowest BCUT2D eigenvalue weighted by Crippen LogP contribution is -2.23. The molecule has 1 aliphatic carbocycles. The maximum atomic E-state index is 13.2. The van der Waals surface area contributed by atoms with Crippen LogP contribution in [0.1, 0.15) is 47.3 Å². The zero-order valence-electron chi connectivity index (χ0n) is 16.9. The van der Waals surface area contributed by atoms with Crippen molar-refractivity contribution in [2.45, 2.75) is 42.5 Å². The minimum atomic E-state index is -4.62. The number of hydrogen-bond acceptors (Lipinski definition) is 6. The smallest absolute Gasteiger partial charge is 0.416 e. The first-order valence-electron chi connectivity index (χ1n) is 9.67. The molecule has 0 spiro atoms. The number of amides is 2. The molecule has 1 aromatic heterocycles. The van der Waals surface area contributed by atoms with Crippen LogP contribution in [0.4, 0.5) is 28.8 Å². The van der Waals surface area contributed by atoms with E-state index in [1.54, 1.807) is 6.26 Å². The molecule has 1 heterocycles. The fourth-order valence-corrected chi connectivity index (χ4v) is 5.13. The fraction of sp³-hybridized carbons (Fsp3) is 0.400. The molecule has 0 bridgehead atoms. The molecule has 1 aliphatic rings. The second kappa shape index (κ2) is 9.90. The Bertz CT molecular complexity index is 1030. The molecule has 0 saturated heterocycles. The zero-order chi connectivity index (χ0) is 23.5. The van der Waals surface area contributed by atoms with Gasteiger partial charge >= 0.3 is 18.2 Å². The van der Waals surface area contributed by atoms with E-state index in [9.17, 15) is 27.6 Å². The van der Waals surface area contributed by atoms with Crippen molar-refractivity contribution in [3.05, 3.63) is 35.0 Å². The monoisotopic (exact) mass is 487 g/mol. The van der Waals surface area contributed by atoms with E-state index in [-0.39, 0.29) is 28.7 Å². The van der Waals surface area contributed by atoms with E-state index in [4.69, 9.17) is 5.11 Å². The molecule has 1 saturated carbocycles. The molecule has 0 radical (unpaired) electrons. The number of urea groups is 1. The molecule has 172 valence electrons. The van der Waals surface area contributed by atoms with Gasteiger partial charge in [-0.1, -0.05) is 24.2 Å². The molecular weight excluding hydrogens is 467 g/mol. The molecule has 2 amide bonds. The summed E-state index contributed by atoms with van der Waals surface area (Å²) in [6, 6.07) is 1.85. The van der Waals surface area contributed by atoms with E-state index in [0.717, 1.165) is 42.4 Å². The van der Waals surface area contributed by atoms with Crippen LogP contribution in [0, 0.1) is 5.92 Å². The van der Waals surface area contributed by atoms with Crippen LogP contribution in [-0.4, -0.2) is 34.1 Å². The summed E-state index contributed by atoms with van der Waals surface area (Å²) in [7, 11) is 0. The van der Waals surface area contributed by atoms with Crippen LogP contribution >= 0.6 is 23.1 Å². The van der Waals surface area contributed by atoms with Crippen LogP contribution in [0.3, 0.4) is 0 Å². The van der Waals surface area contributed by atoms with Crippen LogP contribution in [0.5, 0.6) is 0 Å². The fourth-order valence-electron chi connectivity index (χ4n) is 3.50. The standard InChI is InChI=1S/C20H20F3N3O4S2/c1-31-17-14(9-15(27)28)25-19(32-17)26-18(30)24-13-7-6-11(20(21,22)23)8-12(13)16(29)10-4-2-3-5-10/h6-8,10H,2-5,9H2,1H3,(H,27,28)(H2,24,25,26,30). The number of hydrogen-bond donors (Lipinski definition) is 3. The number of Topliss-reactive ketones (excluding diaryl/α,β-unsaturated/α-hetero) is 1. The normalized spacial score (nSPS) is 14.4. The number of anilines is 2. The second-order valence-corrected chi connectivity index (χ2v) is 9.28. The Morgan fingerprint density at radius 1 is 1.22 bits per heavy atom. The SMILES string of the molecule is CSc1sc(NC(=O)Nc2ccc(C(F)(F)F)cc2C(=O)C2CCCC2)nc1CC(=O)O. The predicted octanol–water partition coefficient (Wildman–Crippen LogP) is 5.53. The summed E-state index contributed by atoms with van der Waals surface area (Å²) in [5.74, 6) is -1.86. The number of aromatic nitrogens is 1. The third-order valence-corrected chi connectivity index (χ3v) is 7.14. The molecule has 1 fully saturated rings. The van der Waals surface area contributed by atoms with Crippen molar-refractivity contribution in [3.8, 4) is 0 Å². The highest BCUT2D eigenvalue weighted by atomic mass is 32.2. The van der Waals surface area contributed by atoms with Gasteiger partial charge in [0, 0.05) is 11.5 Å². The van der Waals surface area contributed by atoms with Crippen LogP contribution in [-0.2, 0) is 17.4 Å². The van der Waals surface area contributed by atoms with Gasteiger partial charge in [0.25, 0.3) is 0 Å². The summed E-state index contributed by atoms with van der Waals surface area (Å²) in [6.07, 6.45) is -0.326. The second-order valence-electron chi connectivity index (χ2n) is 7.21. The molecule has 0 aliphatic heterocycles. The number of aliphatic carboxylic acids is 1. The summed E-state index contributed by atoms with van der Waals surface area (Å²) in [5, 5.41) is 14.0. The zero-order valence-corrected chi connectivity index (χ0v) is 18.5. The van der Waals surface area contributed by atoms with Crippen LogP contribution in [0.2, 0.25) is 0 Å². The maximum Gasteiger partial charge on any atom is 0.416 e. The van der Waals surface area contributed by atoms with Gasteiger partial charge in [0.05, 0.1) is 27.6 Å². The Labute approximate surface area is 189 Å². The molecule has 3 N–H and O–H groups in total. The number of nitrogens with one attached hydrogen (secondary N) is 2. The Morgan fingerprint density at radius 2 is 1.91 bits per heavy atom. The number of ketones is 1. The van der Waals surface area contributed by atoms with E-state index in [1.807, 2.05) is 0 Å². The minimum Gasteiger partial charge on any atom is -0.481 e. The van der Waals surface area contributed by atoms with E-state index in [1.165, 1.54) is 11.8 Å². The number of carbonyl (C=O) groups excluding carboxylic acids is 2. The quantitative estimate of drug-likeness (QED) is 0.350. The first kappa shape index (κ1) is 24.1. The molecule has 2 aromatic rings. The van der Waals surface area contributed by atoms with Crippen molar-refractivity contribution in [2.24, 2.45) is 5.92 Å². The van der Waals surface area contributed by atoms with E-state index in [2.05, 4.69) is 15.6 Å². The number of halogens is 3. The summed E-state index contributed by atoms with van der Waals surface area (Å²) in [6.45, 7) is 0. The third kappa shape index (κ3) is 5.80. The number of thiazole rings is 1. The molecule has 7 nitrogen and oxygen atoms in total. The van der Waals surface area contributed by atoms with Gasteiger partial charge in [-0.05, 0) is 37.3 Å². The highest BCUT2D eigenvalue weighted by Crippen LogP contribution is 2.36. The van der Waals surface area contributed by atoms with Gasteiger partial charge in [-0.2, -0.15) is 13.2 Å². The van der Waals surface area contributed by atoms with Gasteiger partial charge in [-0.15, -0.1) is 11.8 Å². The van der Waals surface area contributed by atoms with Gasteiger partial charge in [0.1, 0.15) is 0 Å². The molecule has 1 aromatic carbocycles. The Kier molecular flexibility index (Phi) is 7.44. The molecule has 0 unspecified atom stereocenters. The Balaban J connectivity index is 1.82. The molecule has 3 rings (SSSR count). The third-order valence-electron chi connectivity index (χ3n) is 4.97. The van der Waals surface area contributed by atoms with Gasteiger partial charge in [0.15, 0.2) is 10.9 Å². The van der Waals surface area contributed by atoms with Crippen LogP contribution in [0.15, 0.2) is 22.4 Å². The van der Waals surface area contributed by atoms with Gasteiger partial charge < -0.3 is 10.4 Å². The lowest BCUT2D eigenvalue weighted by molar-refractivity contribution is -0.138. The number of thioether (sulfide) groups is 1. The largest absolute Gasteiger partial charge is 0.481 e. The average Bonchev–Trinajstić information content (AvgIpc) is 3.36. The Morgan fingerprint density at radius 3 is 2.50 bits per heavy atom.